The first-order valence-electron chi connectivity index (χ1n) is 6.60. The summed E-state index contributed by atoms with van der Waals surface area (Å²) in [7, 11) is 0. The summed E-state index contributed by atoms with van der Waals surface area (Å²) in [4.78, 5) is 4.53. The highest BCUT2D eigenvalue weighted by Gasteiger charge is 2.20. The van der Waals surface area contributed by atoms with Crippen molar-refractivity contribution in [3.05, 3.63) is 23.4 Å². The van der Waals surface area contributed by atoms with Gasteiger partial charge in [0.1, 0.15) is 6.33 Å². The number of fused-ring (bicyclic) bond motifs is 1. The van der Waals surface area contributed by atoms with Gasteiger partial charge in [-0.05, 0) is 39.5 Å². The van der Waals surface area contributed by atoms with Crippen LogP contribution in [0.15, 0.2) is 6.33 Å². The van der Waals surface area contributed by atoms with Gasteiger partial charge in [-0.2, -0.15) is 5.10 Å². The van der Waals surface area contributed by atoms with Gasteiger partial charge in [-0.25, -0.2) is 9.67 Å². The summed E-state index contributed by atoms with van der Waals surface area (Å²) in [5.41, 5.74) is 10.4. The summed E-state index contributed by atoms with van der Waals surface area (Å²) in [6, 6.07) is 0. The predicted octanol–water partition coefficient (Wildman–Crippen LogP) is 1.86. The van der Waals surface area contributed by atoms with Crippen LogP contribution in [0.1, 0.15) is 36.8 Å². The van der Waals surface area contributed by atoms with Crippen LogP contribution in [0.5, 0.6) is 0 Å². The van der Waals surface area contributed by atoms with Crippen LogP contribution < -0.4 is 5.73 Å². The Bertz CT molecular complexity index is 578. The maximum absolute atomic E-state index is 6.17. The molecule has 1 aliphatic rings. The van der Waals surface area contributed by atoms with Gasteiger partial charge < -0.3 is 5.73 Å². The second-order valence-corrected chi connectivity index (χ2v) is 4.85. The maximum Gasteiger partial charge on any atom is 0.160 e. The molecule has 1 aliphatic carbocycles. The summed E-state index contributed by atoms with van der Waals surface area (Å²) >= 11 is 0. The molecule has 0 bridgehead atoms. The summed E-state index contributed by atoms with van der Waals surface area (Å²) in [6.45, 7) is 4.85. The second kappa shape index (κ2) is 4.15. The van der Waals surface area contributed by atoms with Crippen LogP contribution in [-0.2, 0) is 19.4 Å². The molecule has 3 rings (SSSR count). The van der Waals surface area contributed by atoms with E-state index in [4.69, 9.17) is 5.73 Å². The molecule has 0 unspecified atom stereocenters. The molecule has 0 amide bonds. The van der Waals surface area contributed by atoms with Crippen LogP contribution in [-0.4, -0.2) is 19.3 Å². The number of imidazole rings is 1. The van der Waals surface area contributed by atoms with Crippen molar-refractivity contribution in [3.63, 3.8) is 0 Å². The number of nitrogens with zero attached hydrogens (tertiary/aromatic N) is 4. The maximum atomic E-state index is 6.17. The fraction of sp³-hybridized carbons (Fsp3) is 0.538. The van der Waals surface area contributed by atoms with Crippen LogP contribution in [0, 0.1) is 6.92 Å². The third-order valence-electron chi connectivity index (χ3n) is 3.70. The zero-order valence-corrected chi connectivity index (χ0v) is 11.0. The standard InChI is InChI=1S/C13H19N5/c1-3-18-13(12(14)9(2)16-18)17-8-15-10-6-4-5-7-11(10)17/h8H,3-7,14H2,1-2H3. The Hall–Kier alpha value is -1.78. The Kier molecular flexibility index (Phi) is 2.61. The van der Waals surface area contributed by atoms with Gasteiger partial charge in [-0.1, -0.05) is 0 Å². The zero-order chi connectivity index (χ0) is 12.7. The van der Waals surface area contributed by atoms with Gasteiger partial charge >= 0.3 is 0 Å². The molecule has 18 heavy (non-hydrogen) atoms. The zero-order valence-electron chi connectivity index (χ0n) is 11.0. The lowest BCUT2D eigenvalue weighted by Crippen LogP contribution is -2.12. The topological polar surface area (TPSA) is 61.7 Å². The third kappa shape index (κ3) is 1.54. The van der Waals surface area contributed by atoms with Gasteiger partial charge in [0.25, 0.3) is 0 Å². The molecule has 2 heterocycles. The van der Waals surface area contributed by atoms with E-state index in [0.717, 1.165) is 36.6 Å². The molecule has 2 aromatic rings. The lowest BCUT2D eigenvalue weighted by molar-refractivity contribution is 0.612. The van der Waals surface area contributed by atoms with Crippen molar-refractivity contribution in [3.8, 4) is 5.82 Å². The predicted molar refractivity (Wildman–Crippen MR) is 70.8 cm³/mol. The molecule has 0 aromatic carbocycles. The van der Waals surface area contributed by atoms with Crippen molar-refractivity contribution in [1.82, 2.24) is 19.3 Å². The smallest absolute Gasteiger partial charge is 0.160 e. The van der Waals surface area contributed by atoms with Gasteiger partial charge in [-0.3, -0.25) is 4.57 Å². The molecule has 0 radical (unpaired) electrons. The number of rotatable bonds is 2. The van der Waals surface area contributed by atoms with E-state index < -0.39 is 0 Å². The van der Waals surface area contributed by atoms with E-state index in [2.05, 4.69) is 21.6 Å². The largest absolute Gasteiger partial charge is 0.394 e. The number of aryl methyl sites for hydroxylation is 3. The first-order valence-corrected chi connectivity index (χ1v) is 6.60. The summed E-state index contributed by atoms with van der Waals surface area (Å²) in [5.74, 6) is 0.977. The number of aromatic nitrogens is 4. The van der Waals surface area contributed by atoms with E-state index in [-0.39, 0.29) is 0 Å². The van der Waals surface area contributed by atoms with Gasteiger partial charge in [-0.15, -0.1) is 0 Å². The van der Waals surface area contributed by atoms with Crippen LogP contribution in [0.3, 0.4) is 0 Å². The van der Waals surface area contributed by atoms with Crippen molar-refractivity contribution in [2.75, 3.05) is 5.73 Å². The average molecular weight is 245 g/mol. The van der Waals surface area contributed by atoms with E-state index in [1.54, 1.807) is 0 Å². The van der Waals surface area contributed by atoms with E-state index in [0.29, 0.717) is 0 Å². The minimum atomic E-state index is 0.766. The Morgan fingerprint density at radius 1 is 1.33 bits per heavy atom. The summed E-state index contributed by atoms with van der Waals surface area (Å²) < 4.78 is 4.09. The SMILES string of the molecule is CCn1nc(C)c(N)c1-n1cnc2c1CCCC2. The van der Waals surface area contributed by atoms with Crippen molar-refractivity contribution >= 4 is 5.69 Å². The van der Waals surface area contributed by atoms with Gasteiger partial charge in [0.2, 0.25) is 0 Å². The van der Waals surface area contributed by atoms with Gasteiger partial charge in [0, 0.05) is 12.2 Å². The summed E-state index contributed by atoms with van der Waals surface area (Å²) in [5, 5.41) is 4.48. The average Bonchev–Trinajstić information content (AvgIpc) is 2.92. The molecule has 96 valence electrons. The molecule has 0 spiro atoms. The quantitative estimate of drug-likeness (QED) is 0.878. The molecule has 2 aromatic heterocycles. The van der Waals surface area contributed by atoms with Crippen LogP contribution >= 0.6 is 0 Å². The highest BCUT2D eigenvalue weighted by atomic mass is 15.4. The molecule has 0 fully saturated rings. The van der Waals surface area contributed by atoms with Crippen molar-refractivity contribution in [2.24, 2.45) is 0 Å². The van der Waals surface area contributed by atoms with E-state index in [1.165, 1.54) is 24.2 Å². The van der Waals surface area contributed by atoms with E-state index >= 15 is 0 Å². The number of nitrogens with two attached hydrogens (primary N) is 1. The molecule has 0 aliphatic heterocycles. The minimum absolute atomic E-state index is 0.766. The minimum Gasteiger partial charge on any atom is -0.394 e. The lowest BCUT2D eigenvalue weighted by Gasteiger charge is -2.15. The van der Waals surface area contributed by atoms with E-state index in [1.807, 2.05) is 17.9 Å². The normalized spacial score (nSPS) is 14.8. The molecule has 5 nitrogen and oxygen atoms in total. The van der Waals surface area contributed by atoms with Crippen LogP contribution in [0.25, 0.3) is 5.82 Å². The van der Waals surface area contributed by atoms with Crippen molar-refractivity contribution < 1.29 is 0 Å². The van der Waals surface area contributed by atoms with Gasteiger partial charge in [0.15, 0.2) is 5.82 Å². The first-order chi connectivity index (χ1) is 8.72. The Balaban J connectivity index is 2.18. The Morgan fingerprint density at radius 2 is 2.11 bits per heavy atom. The number of hydrogen-bond donors (Lipinski definition) is 1. The number of anilines is 1. The number of hydrogen-bond acceptors (Lipinski definition) is 3. The number of nitrogen functional groups attached to an aromatic ring is 1. The molecular formula is C13H19N5. The molecule has 5 heteroatoms. The monoisotopic (exact) mass is 245 g/mol. The molecule has 0 saturated carbocycles. The van der Waals surface area contributed by atoms with Crippen molar-refractivity contribution in [2.45, 2.75) is 46.1 Å². The van der Waals surface area contributed by atoms with Crippen LogP contribution in [0.4, 0.5) is 5.69 Å². The summed E-state index contributed by atoms with van der Waals surface area (Å²) in [6.07, 6.45) is 6.54. The van der Waals surface area contributed by atoms with Gasteiger partial charge in [0.05, 0.1) is 17.1 Å². The van der Waals surface area contributed by atoms with E-state index in [9.17, 15) is 0 Å². The molecule has 0 atom stereocenters. The second-order valence-electron chi connectivity index (χ2n) is 4.85. The molecule has 0 saturated heterocycles. The molecule has 2 N–H and O–H groups in total. The first kappa shape index (κ1) is 11.3. The Morgan fingerprint density at radius 3 is 2.89 bits per heavy atom. The fourth-order valence-electron chi connectivity index (χ4n) is 2.71. The third-order valence-corrected chi connectivity index (χ3v) is 3.70. The van der Waals surface area contributed by atoms with Crippen molar-refractivity contribution in [1.29, 1.82) is 0 Å². The lowest BCUT2D eigenvalue weighted by atomic mass is 10.0. The Labute approximate surface area is 107 Å². The fourth-order valence-corrected chi connectivity index (χ4v) is 2.71. The highest BCUT2D eigenvalue weighted by molar-refractivity contribution is 5.58. The van der Waals surface area contributed by atoms with Crippen LogP contribution in [0.2, 0.25) is 0 Å². The molecular weight excluding hydrogens is 226 g/mol. The highest BCUT2D eigenvalue weighted by Crippen LogP contribution is 2.27.